The van der Waals surface area contributed by atoms with Crippen LogP contribution in [0.4, 0.5) is 0 Å². The van der Waals surface area contributed by atoms with E-state index in [0.29, 0.717) is 42.7 Å². The molecule has 1 amide bonds. The molecule has 1 fully saturated rings. The van der Waals surface area contributed by atoms with Gasteiger partial charge in [-0.2, -0.15) is 4.98 Å². The largest absolute Gasteiger partial charge is 0.497 e. The highest BCUT2D eigenvalue weighted by Crippen LogP contribution is 2.32. The monoisotopic (exact) mass is 425 g/mol. The first kappa shape index (κ1) is 20.3. The van der Waals surface area contributed by atoms with Gasteiger partial charge in [0.1, 0.15) is 11.5 Å². The van der Waals surface area contributed by atoms with Crippen molar-refractivity contribution in [3.8, 4) is 22.9 Å². The van der Waals surface area contributed by atoms with Crippen LogP contribution in [-0.2, 0) is 11.3 Å². The third-order valence-corrected chi connectivity index (χ3v) is 5.89. The Bertz CT molecular complexity index is 1010. The molecule has 8 heteroatoms. The number of rotatable bonds is 7. The molecular weight excluding hydrogens is 402 g/mol. The lowest BCUT2D eigenvalue weighted by atomic mass is 10.1. The van der Waals surface area contributed by atoms with E-state index in [1.807, 2.05) is 23.3 Å². The molecule has 30 heavy (non-hydrogen) atoms. The van der Waals surface area contributed by atoms with E-state index in [1.54, 1.807) is 32.0 Å². The van der Waals surface area contributed by atoms with Crippen LogP contribution in [0.1, 0.15) is 23.8 Å². The summed E-state index contributed by atoms with van der Waals surface area (Å²) in [5.41, 5.74) is 1.84. The molecule has 1 aliphatic heterocycles. The van der Waals surface area contributed by atoms with Gasteiger partial charge in [-0.25, -0.2) is 0 Å². The van der Waals surface area contributed by atoms with Gasteiger partial charge in [0, 0.05) is 36.0 Å². The number of hydrogen-bond acceptors (Lipinski definition) is 7. The second kappa shape index (κ2) is 8.79. The van der Waals surface area contributed by atoms with Crippen LogP contribution in [0.5, 0.6) is 11.5 Å². The van der Waals surface area contributed by atoms with Crippen molar-refractivity contribution in [3.63, 3.8) is 0 Å². The summed E-state index contributed by atoms with van der Waals surface area (Å²) in [5, 5.41) is 4.11. The Morgan fingerprint density at radius 3 is 2.47 bits per heavy atom. The molecule has 2 heterocycles. The standard InChI is InChI=1S/C22H23N3O4S/c1-27-17-8-15(9-18(11-17)28-2)21-23-22(29-24-21)16-10-20(26)25(13-16)12-14-4-6-19(30-3)7-5-14/h4-9,11,16H,10,12-13H2,1-3H3. The lowest BCUT2D eigenvalue weighted by Gasteiger charge is -2.16. The molecule has 4 rings (SSSR count). The van der Waals surface area contributed by atoms with E-state index in [-0.39, 0.29) is 11.8 Å². The molecule has 0 radical (unpaired) electrons. The van der Waals surface area contributed by atoms with Crippen molar-refractivity contribution in [2.24, 2.45) is 0 Å². The number of amides is 1. The fourth-order valence-electron chi connectivity index (χ4n) is 3.50. The quantitative estimate of drug-likeness (QED) is 0.530. The normalized spacial score (nSPS) is 16.2. The number of nitrogens with zero attached hydrogens (tertiary/aromatic N) is 3. The van der Waals surface area contributed by atoms with Crippen molar-refractivity contribution in [1.82, 2.24) is 15.0 Å². The van der Waals surface area contributed by atoms with E-state index < -0.39 is 0 Å². The fraction of sp³-hybridized carbons (Fsp3) is 0.318. The van der Waals surface area contributed by atoms with Gasteiger partial charge in [0.05, 0.1) is 20.1 Å². The Hall–Kier alpha value is -3.00. The maximum absolute atomic E-state index is 12.5. The second-order valence-corrected chi connectivity index (χ2v) is 7.96. The summed E-state index contributed by atoms with van der Waals surface area (Å²) in [7, 11) is 3.18. The van der Waals surface area contributed by atoms with Gasteiger partial charge in [0.25, 0.3) is 0 Å². The summed E-state index contributed by atoms with van der Waals surface area (Å²) >= 11 is 1.70. The van der Waals surface area contributed by atoms with Gasteiger partial charge in [0.15, 0.2) is 0 Å². The van der Waals surface area contributed by atoms with Crippen LogP contribution in [-0.4, -0.2) is 48.0 Å². The zero-order valence-electron chi connectivity index (χ0n) is 17.1. The summed E-state index contributed by atoms with van der Waals surface area (Å²) in [6.07, 6.45) is 2.41. The van der Waals surface area contributed by atoms with Crippen molar-refractivity contribution in [3.05, 3.63) is 53.9 Å². The van der Waals surface area contributed by atoms with Crippen molar-refractivity contribution in [1.29, 1.82) is 0 Å². The summed E-state index contributed by atoms with van der Waals surface area (Å²) in [5.74, 6) is 2.19. The fourth-order valence-corrected chi connectivity index (χ4v) is 3.90. The molecule has 1 saturated heterocycles. The lowest BCUT2D eigenvalue weighted by molar-refractivity contribution is -0.128. The van der Waals surface area contributed by atoms with Gasteiger partial charge < -0.3 is 18.9 Å². The van der Waals surface area contributed by atoms with E-state index in [0.717, 1.165) is 11.1 Å². The Kier molecular flexibility index (Phi) is 5.94. The average molecular weight is 426 g/mol. The summed E-state index contributed by atoms with van der Waals surface area (Å²) in [6, 6.07) is 13.7. The Morgan fingerprint density at radius 1 is 1.13 bits per heavy atom. The van der Waals surface area contributed by atoms with Crippen LogP contribution in [0.25, 0.3) is 11.4 Å². The maximum atomic E-state index is 12.5. The van der Waals surface area contributed by atoms with E-state index in [9.17, 15) is 4.79 Å². The number of aromatic nitrogens is 2. The van der Waals surface area contributed by atoms with Crippen molar-refractivity contribution < 1.29 is 18.8 Å². The zero-order valence-corrected chi connectivity index (χ0v) is 17.9. The molecule has 0 bridgehead atoms. The average Bonchev–Trinajstić information content (AvgIpc) is 3.41. The Balaban J connectivity index is 1.48. The minimum Gasteiger partial charge on any atom is -0.497 e. The van der Waals surface area contributed by atoms with Gasteiger partial charge in [-0.05, 0) is 36.1 Å². The third-order valence-electron chi connectivity index (χ3n) is 5.15. The first-order valence-corrected chi connectivity index (χ1v) is 10.8. The van der Waals surface area contributed by atoms with Crippen LogP contribution in [0.15, 0.2) is 51.9 Å². The molecule has 3 aromatic rings. The minimum atomic E-state index is -0.114. The molecule has 1 unspecified atom stereocenters. The summed E-state index contributed by atoms with van der Waals surface area (Å²) < 4.78 is 16.1. The number of carbonyl (C=O) groups is 1. The highest BCUT2D eigenvalue weighted by molar-refractivity contribution is 7.98. The molecule has 1 atom stereocenters. The number of carbonyl (C=O) groups excluding carboxylic acids is 1. The third kappa shape index (κ3) is 4.28. The molecule has 156 valence electrons. The first-order chi connectivity index (χ1) is 14.6. The second-order valence-electron chi connectivity index (χ2n) is 7.08. The van der Waals surface area contributed by atoms with Gasteiger partial charge in [-0.1, -0.05) is 17.3 Å². The molecular formula is C22H23N3O4S. The summed E-state index contributed by atoms with van der Waals surface area (Å²) in [6.45, 7) is 1.14. The molecule has 7 nitrogen and oxygen atoms in total. The smallest absolute Gasteiger partial charge is 0.232 e. The number of benzene rings is 2. The summed E-state index contributed by atoms with van der Waals surface area (Å²) in [4.78, 5) is 20.1. The van der Waals surface area contributed by atoms with Crippen molar-refractivity contribution >= 4 is 17.7 Å². The lowest BCUT2D eigenvalue weighted by Crippen LogP contribution is -2.24. The van der Waals surface area contributed by atoms with Crippen LogP contribution in [0.2, 0.25) is 0 Å². The predicted molar refractivity (Wildman–Crippen MR) is 114 cm³/mol. The molecule has 2 aromatic carbocycles. The number of thioether (sulfide) groups is 1. The zero-order chi connectivity index (χ0) is 21.1. The van der Waals surface area contributed by atoms with Gasteiger partial charge in [-0.15, -0.1) is 11.8 Å². The van der Waals surface area contributed by atoms with Gasteiger partial charge >= 0.3 is 0 Å². The SMILES string of the molecule is COc1cc(OC)cc(-c2noc(C3CC(=O)N(Cc4ccc(SC)cc4)C3)n2)c1. The van der Waals surface area contributed by atoms with Crippen molar-refractivity contribution in [2.75, 3.05) is 27.0 Å². The highest BCUT2D eigenvalue weighted by atomic mass is 32.2. The topological polar surface area (TPSA) is 77.7 Å². The molecule has 0 aliphatic carbocycles. The Morgan fingerprint density at radius 2 is 1.83 bits per heavy atom. The number of likely N-dealkylation sites (tertiary alicyclic amines) is 1. The molecule has 0 saturated carbocycles. The number of hydrogen-bond donors (Lipinski definition) is 0. The van der Waals surface area contributed by atoms with E-state index in [1.165, 1.54) is 4.90 Å². The maximum Gasteiger partial charge on any atom is 0.232 e. The van der Waals surface area contributed by atoms with Crippen molar-refractivity contribution in [2.45, 2.75) is 23.8 Å². The van der Waals surface area contributed by atoms with Crippen LogP contribution in [0.3, 0.4) is 0 Å². The van der Waals surface area contributed by atoms with E-state index in [2.05, 4.69) is 34.4 Å². The van der Waals surface area contributed by atoms with E-state index >= 15 is 0 Å². The highest BCUT2D eigenvalue weighted by Gasteiger charge is 2.34. The number of methoxy groups -OCH3 is 2. The van der Waals surface area contributed by atoms with Gasteiger partial charge in [-0.3, -0.25) is 4.79 Å². The molecule has 0 N–H and O–H groups in total. The first-order valence-electron chi connectivity index (χ1n) is 9.57. The minimum absolute atomic E-state index is 0.0942. The Labute approximate surface area is 179 Å². The molecule has 0 spiro atoms. The van der Waals surface area contributed by atoms with Crippen LogP contribution < -0.4 is 9.47 Å². The number of ether oxygens (including phenoxy) is 2. The molecule has 1 aromatic heterocycles. The van der Waals surface area contributed by atoms with E-state index in [4.69, 9.17) is 14.0 Å². The van der Waals surface area contributed by atoms with Gasteiger partial charge in [0.2, 0.25) is 17.6 Å². The van der Waals surface area contributed by atoms with Crippen LogP contribution >= 0.6 is 11.8 Å². The predicted octanol–water partition coefficient (Wildman–Crippen LogP) is 3.99. The molecule has 1 aliphatic rings. The van der Waals surface area contributed by atoms with Crippen LogP contribution in [0, 0.1) is 0 Å².